The molecule has 0 heterocycles. The summed E-state index contributed by atoms with van der Waals surface area (Å²) in [6.45, 7) is 1.82. The Morgan fingerprint density at radius 2 is 1.91 bits per heavy atom. The third kappa shape index (κ3) is 4.21. The quantitative estimate of drug-likeness (QED) is 0.823. The van der Waals surface area contributed by atoms with E-state index >= 15 is 0 Å². The van der Waals surface area contributed by atoms with Gasteiger partial charge in [-0.3, -0.25) is 0 Å². The van der Waals surface area contributed by atoms with Crippen molar-refractivity contribution in [2.75, 3.05) is 0 Å². The first-order valence-corrected chi connectivity index (χ1v) is 8.02. The third-order valence-electron chi connectivity index (χ3n) is 4.77. The zero-order chi connectivity index (χ0) is 15.9. The summed E-state index contributed by atoms with van der Waals surface area (Å²) in [6, 6.07) is 9.95. The van der Waals surface area contributed by atoms with Gasteiger partial charge in [-0.25, -0.2) is 4.79 Å². The van der Waals surface area contributed by atoms with E-state index in [2.05, 4.69) is 6.07 Å². The number of allylic oxidation sites excluding steroid dienone is 1. The molecule has 0 spiro atoms. The van der Waals surface area contributed by atoms with Crippen LogP contribution in [-0.4, -0.2) is 11.1 Å². The number of hydrogen-bond acceptors (Lipinski definition) is 2. The minimum absolute atomic E-state index is 0.230. The lowest BCUT2D eigenvalue weighted by Gasteiger charge is -2.29. The van der Waals surface area contributed by atoms with E-state index in [0.717, 1.165) is 38.5 Å². The fourth-order valence-electron chi connectivity index (χ4n) is 3.41. The van der Waals surface area contributed by atoms with Crippen LogP contribution >= 0.6 is 0 Å². The number of hydrogen-bond donors (Lipinski definition) is 1. The maximum absolute atomic E-state index is 11.2. The Balaban J connectivity index is 1.80. The second-order valence-electron chi connectivity index (χ2n) is 6.11. The van der Waals surface area contributed by atoms with Crippen molar-refractivity contribution >= 4 is 5.97 Å². The molecule has 0 aliphatic heterocycles. The number of carboxylic acids is 1. The molecule has 0 amide bonds. The van der Waals surface area contributed by atoms with Crippen LogP contribution in [0.1, 0.15) is 50.2 Å². The summed E-state index contributed by atoms with van der Waals surface area (Å²) in [7, 11) is 0. The second kappa shape index (κ2) is 7.79. The molecular weight excluding hydrogens is 274 g/mol. The molecular formula is C19H23NO2. The number of rotatable bonds is 5. The summed E-state index contributed by atoms with van der Waals surface area (Å²) in [5.74, 6) is 0.163. The normalized spacial score (nSPS) is 22.1. The smallest absolute Gasteiger partial charge is 0.331 e. The molecule has 0 aromatic heterocycles. The lowest BCUT2D eigenvalue weighted by molar-refractivity contribution is -0.133. The van der Waals surface area contributed by atoms with Crippen LogP contribution in [0.4, 0.5) is 0 Å². The van der Waals surface area contributed by atoms with Gasteiger partial charge < -0.3 is 5.11 Å². The molecule has 0 bridgehead atoms. The Kier molecular flexibility index (Phi) is 5.77. The SMILES string of the molecule is CC=C(C(=O)O)C1CCC(CCc2ccc(C#N)cc2)CC1. The van der Waals surface area contributed by atoms with Crippen LogP contribution in [0.3, 0.4) is 0 Å². The van der Waals surface area contributed by atoms with Crippen LogP contribution in [0.25, 0.3) is 0 Å². The van der Waals surface area contributed by atoms with Crippen molar-refractivity contribution in [3.8, 4) is 6.07 Å². The fourth-order valence-corrected chi connectivity index (χ4v) is 3.41. The Hall–Kier alpha value is -2.08. The van der Waals surface area contributed by atoms with Crippen molar-refractivity contribution < 1.29 is 9.90 Å². The number of nitrogens with zero attached hydrogens (tertiary/aromatic N) is 1. The van der Waals surface area contributed by atoms with Gasteiger partial charge in [0.05, 0.1) is 11.6 Å². The summed E-state index contributed by atoms with van der Waals surface area (Å²) in [6.07, 6.45) is 8.16. The minimum atomic E-state index is -0.761. The van der Waals surface area contributed by atoms with Gasteiger partial charge in [0.2, 0.25) is 0 Å². The summed E-state index contributed by atoms with van der Waals surface area (Å²) < 4.78 is 0. The molecule has 1 aliphatic carbocycles. The van der Waals surface area contributed by atoms with E-state index in [1.54, 1.807) is 6.08 Å². The second-order valence-corrected chi connectivity index (χ2v) is 6.11. The van der Waals surface area contributed by atoms with Crippen molar-refractivity contribution in [1.82, 2.24) is 0 Å². The molecule has 3 heteroatoms. The van der Waals surface area contributed by atoms with Gasteiger partial charge in [0.15, 0.2) is 0 Å². The zero-order valence-electron chi connectivity index (χ0n) is 13.1. The highest BCUT2D eigenvalue weighted by Gasteiger charge is 2.26. The Labute approximate surface area is 132 Å². The van der Waals surface area contributed by atoms with E-state index in [4.69, 9.17) is 5.26 Å². The molecule has 1 aromatic rings. The van der Waals surface area contributed by atoms with E-state index in [9.17, 15) is 9.90 Å². The molecule has 1 fully saturated rings. The van der Waals surface area contributed by atoms with E-state index in [0.29, 0.717) is 17.1 Å². The van der Waals surface area contributed by atoms with Crippen molar-refractivity contribution in [1.29, 1.82) is 5.26 Å². The average molecular weight is 297 g/mol. The van der Waals surface area contributed by atoms with E-state index in [-0.39, 0.29) is 5.92 Å². The summed E-state index contributed by atoms with van der Waals surface area (Å²) in [4.78, 5) is 11.2. The molecule has 1 N–H and O–H groups in total. The Morgan fingerprint density at radius 1 is 1.27 bits per heavy atom. The maximum atomic E-state index is 11.2. The van der Waals surface area contributed by atoms with Crippen LogP contribution in [0.15, 0.2) is 35.9 Å². The first-order valence-electron chi connectivity index (χ1n) is 8.02. The molecule has 0 saturated heterocycles. The van der Waals surface area contributed by atoms with Crippen LogP contribution in [0, 0.1) is 23.2 Å². The van der Waals surface area contributed by atoms with E-state index in [1.165, 1.54) is 5.56 Å². The van der Waals surface area contributed by atoms with Crippen molar-refractivity contribution in [2.24, 2.45) is 11.8 Å². The highest BCUT2D eigenvalue weighted by molar-refractivity contribution is 5.87. The van der Waals surface area contributed by atoms with Crippen LogP contribution in [0.5, 0.6) is 0 Å². The molecule has 1 aliphatic rings. The maximum Gasteiger partial charge on any atom is 0.331 e. The summed E-state index contributed by atoms with van der Waals surface area (Å²) >= 11 is 0. The predicted molar refractivity (Wildman–Crippen MR) is 86.3 cm³/mol. The van der Waals surface area contributed by atoms with Gasteiger partial charge >= 0.3 is 5.97 Å². The highest BCUT2D eigenvalue weighted by Crippen LogP contribution is 2.35. The average Bonchev–Trinajstić information content (AvgIpc) is 2.55. The molecule has 2 rings (SSSR count). The monoisotopic (exact) mass is 297 g/mol. The Morgan fingerprint density at radius 3 is 2.41 bits per heavy atom. The molecule has 0 unspecified atom stereocenters. The van der Waals surface area contributed by atoms with Gasteiger partial charge in [0, 0.05) is 5.57 Å². The van der Waals surface area contributed by atoms with E-state index < -0.39 is 5.97 Å². The fraction of sp³-hybridized carbons (Fsp3) is 0.474. The number of benzene rings is 1. The molecule has 22 heavy (non-hydrogen) atoms. The van der Waals surface area contributed by atoms with Gasteiger partial charge in [0.25, 0.3) is 0 Å². The number of carbonyl (C=O) groups is 1. The first-order chi connectivity index (χ1) is 10.6. The Bertz CT molecular complexity index is 572. The van der Waals surface area contributed by atoms with Gasteiger partial charge in [0.1, 0.15) is 0 Å². The summed E-state index contributed by atoms with van der Waals surface area (Å²) in [5.41, 5.74) is 2.57. The molecule has 0 atom stereocenters. The van der Waals surface area contributed by atoms with Crippen LogP contribution in [-0.2, 0) is 11.2 Å². The van der Waals surface area contributed by atoms with Crippen molar-refractivity contribution in [2.45, 2.75) is 45.4 Å². The number of carboxylic acid groups (broad SMARTS) is 1. The molecule has 116 valence electrons. The van der Waals surface area contributed by atoms with Crippen LogP contribution in [0.2, 0.25) is 0 Å². The first kappa shape index (κ1) is 16.3. The van der Waals surface area contributed by atoms with Crippen LogP contribution < -0.4 is 0 Å². The van der Waals surface area contributed by atoms with Gasteiger partial charge in [-0.15, -0.1) is 0 Å². The van der Waals surface area contributed by atoms with Gasteiger partial charge in [-0.05, 0) is 75.0 Å². The molecule has 1 aromatic carbocycles. The zero-order valence-corrected chi connectivity index (χ0v) is 13.1. The largest absolute Gasteiger partial charge is 0.478 e. The van der Waals surface area contributed by atoms with Crippen molar-refractivity contribution in [3.63, 3.8) is 0 Å². The molecule has 0 radical (unpaired) electrons. The van der Waals surface area contributed by atoms with E-state index in [1.807, 2.05) is 31.2 Å². The minimum Gasteiger partial charge on any atom is -0.478 e. The van der Waals surface area contributed by atoms with Gasteiger partial charge in [-0.2, -0.15) is 5.26 Å². The lowest BCUT2D eigenvalue weighted by atomic mass is 9.76. The standard InChI is InChI=1S/C19H23NO2/c1-2-18(19(21)22)17-11-9-15(10-12-17)4-3-14-5-7-16(13-20)8-6-14/h2,5-8,15,17H,3-4,9-12H2,1H3,(H,21,22). The summed E-state index contributed by atoms with van der Waals surface area (Å²) in [5, 5.41) is 18.0. The predicted octanol–water partition coefficient (Wildman–Crippen LogP) is 4.33. The third-order valence-corrected chi connectivity index (χ3v) is 4.77. The lowest BCUT2D eigenvalue weighted by Crippen LogP contribution is -2.20. The topological polar surface area (TPSA) is 61.1 Å². The molecule has 1 saturated carbocycles. The highest BCUT2D eigenvalue weighted by atomic mass is 16.4. The number of nitriles is 1. The van der Waals surface area contributed by atoms with Gasteiger partial charge in [-0.1, -0.05) is 18.2 Å². The molecule has 3 nitrogen and oxygen atoms in total. The number of aliphatic carboxylic acids is 1. The van der Waals surface area contributed by atoms with Crippen molar-refractivity contribution in [3.05, 3.63) is 47.0 Å². The number of aryl methyl sites for hydroxylation is 1.